The van der Waals surface area contributed by atoms with E-state index < -0.39 is 36.5 Å². The van der Waals surface area contributed by atoms with E-state index in [4.69, 9.17) is 4.74 Å². The van der Waals surface area contributed by atoms with E-state index in [1.54, 1.807) is 17.3 Å². The summed E-state index contributed by atoms with van der Waals surface area (Å²) in [7, 11) is 0. The van der Waals surface area contributed by atoms with Crippen LogP contribution in [-0.2, 0) is 16.1 Å². The molecule has 1 aromatic heterocycles. The van der Waals surface area contributed by atoms with Crippen molar-refractivity contribution in [1.82, 2.24) is 20.7 Å². The molecule has 1 unspecified atom stereocenters. The minimum Gasteiger partial charge on any atom is -0.364 e. The number of hydrogen-bond acceptors (Lipinski definition) is 8. The molecule has 2 aliphatic heterocycles. The normalized spacial score (nSPS) is 21.4. The molecule has 2 atom stereocenters. The molecule has 0 spiro atoms. The number of aliphatic hydroxyl groups excluding tert-OH is 1. The standard InChI is InChI=1S/C22H26F4N6O3/c23-17-9-15(32-13-16(35-22(32)34)11-28-21(33)20(25)26)10-18(24)19(17)30-6-5-29-31(8-7-30)12-14-1-3-27-4-2-14/h1-4,9-10,16,20,22,29,34H,5-8,11-13H2,(H,28,33)/t16-,22?/m0/s1. The number of halogens is 4. The van der Waals surface area contributed by atoms with Gasteiger partial charge in [-0.3, -0.25) is 15.2 Å². The third kappa shape index (κ3) is 6.17. The number of nitrogens with one attached hydrogen (secondary N) is 2. The van der Waals surface area contributed by atoms with Gasteiger partial charge in [-0.1, -0.05) is 0 Å². The zero-order valence-corrected chi connectivity index (χ0v) is 18.7. The van der Waals surface area contributed by atoms with Gasteiger partial charge in [-0.05, 0) is 29.8 Å². The molecule has 2 aromatic rings. The summed E-state index contributed by atoms with van der Waals surface area (Å²) in [5.41, 5.74) is 4.17. The number of benzene rings is 1. The number of nitrogens with zero attached hydrogens (tertiary/aromatic N) is 4. The average Bonchev–Trinajstić information content (AvgIpc) is 3.05. The van der Waals surface area contributed by atoms with Crippen molar-refractivity contribution in [3.63, 3.8) is 0 Å². The first kappa shape index (κ1) is 25.1. The highest BCUT2D eigenvalue weighted by atomic mass is 19.3. The van der Waals surface area contributed by atoms with E-state index in [9.17, 15) is 18.7 Å². The molecule has 0 saturated carbocycles. The molecule has 0 bridgehead atoms. The highest BCUT2D eigenvalue weighted by Crippen LogP contribution is 2.32. The van der Waals surface area contributed by atoms with Gasteiger partial charge in [0, 0.05) is 57.3 Å². The van der Waals surface area contributed by atoms with Crippen molar-refractivity contribution in [2.24, 2.45) is 0 Å². The Balaban J connectivity index is 1.40. The summed E-state index contributed by atoms with van der Waals surface area (Å²) in [5.74, 6) is -3.07. The second-order valence-corrected chi connectivity index (χ2v) is 8.21. The van der Waals surface area contributed by atoms with Gasteiger partial charge in [-0.25, -0.2) is 13.8 Å². The number of rotatable bonds is 7. The maximum absolute atomic E-state index is 15.1. The minimum absolute atomic E-state index is 0.0335. The SMILES string of the molecule is O=C(NC[C@H]1CN(c2cc(F)c(N3CCNN(Cc4ccncc4)CC3)c(F)c2)C(O)O1)C(F)F. The maximum atomic E-state index is 15.1. The first-order valence-electron chi connectivity index (χ1n) is 11.1. The van der Waals surface area contributed by atoms with Gasteiger partial charge >= 0.3 is 6.43 Å². The van der Waals surface area contributed by atoms with Crippen LogP contribution in [-0.4, -0.2) is 79.2 Å². The number of hydrogen-bond donors (Lipinski definition) is 3. The van der Waals surface area contributed by atoms with Crippen molar-refractivity contribution in [2.45, 2.75) is 25.5 Å². The molecule has 190 valence electrons. The Kier molecular flexibility index (Phi) is 8.00. The third-order valence-corrected chi connectivity index (χ3v) is 5.81. The molecule has 1 amide bonds. The van der Waals surface area contributed by atoms with Crippen LogP contribution < -0.4 is 20.5 Å². The lowest BCUT2D eigenvalue weighted by molar-refractivity contribution is -0.133. The van der Waals surface area contributed by atoms with Crippen LogP contribution in [0.25, 0.3) is 0 Å². The van der Waals surface area contributed by atoms with Crippen molar-refractivity contribution >= 4 is 17.3 Å². The number of aliphatic hydroxyl groups is 1. The Hall–Kier alpha value is -3.00. The Labute approximate surface area is 199 Å². The summed E-state index contributed by atoms with van der Waals surface area (Å²) in [5, 5.41) is 14.1. The van der Waals surface area contributed by atoms with Crippen LogP contribution in [0.4, 0.5) is 28.9 Å². The quantitative estimate of drug-likeness (QED) is 0.488. The van der Waals surface area contributed by atoms with E-state index in [1.807, 2.05) is 22.5 Å². The van der Waals surface area contributed by atoms with Crippen molar-refractivity contribution in [3.8, 4) is 0 Å². The second-order valence-electron chi connectivity index (χ2n) is 8.21. The average molecular weight is 498 g/mol. The summed E-state index contributed by atoms with van der Waals surface area (Å²) < 4.78 is 60.0. The lowest BCUT2D eigenvalue weighted by Gasteiger charge is -2.26. The van der Waals surface area contributed by atoms with Crippen LogP contribution >= 0.6 is 0 Å². The fourth-order valence-corrected chi connectivity index (χ4v) is 4.10. The number of pyridine rings is 1. The van der Waals surface area contributed by atoms with E-state index in [1.165, 1.54) is 4.90 Å². The summed E-state index contributed by atoms with van der Waals surface area (Å²) in [6.07, 6.45) is -2.14. The van der Waals surface area contributed by atoms with Gasteiger partial charge in [-0.2, -0.15) is 8.78 Å². The number of ether oxygens (including phenoxy) is 1. The first-order chi connectivity index (χ1) is 16.8. The fraction of sp³-hybridized carbons (Fsp3) is 0.455. The zero-order valence-electron chi connectivity index (χ0n) is 18.7. The van der Waals surface area contributed by atoms with Gasteiger partial charge < -0.3 is 25.0 Å². The van der Waals surface area contributed by atoms with Gasteiger partial charge in [0.05, 0.1) is 12.6 Å². The Morgan fingerprint density at radius 3 is 2.60 bits per heavy atom. The maximum Gasteiger partial charge on any atom is 0.315 e. The first-order valence-corrected chi connectivity index (χ1v) is 11.1. The second kappa shape index (κ2) is 11.2. The minimum atomic E-state index is -3.18. The monoisotopic (exact) mass is 498 g/mol. The molecule has 2 fully saturated rings. The lowest BCUT2D eigenvalue weighted by Crippen LogP contribution is -2.38. The summed E-state index contributed by atoms with van der Waals surface area (Å²) >= 11 is 0. The molecule has 2 saturated heterocycles. The van der Waals surface area contributed by atoms with E-state index in [2.05, 4.69) is 10.4 Å². The molecular weight excluding hydrogens is 472 g/mol. The summed E-state index contributed by atoms with van der Waals surface area (Å²) in [6.45, 7) is 2.04. The van der Waals surface area contributed by atoms with Gasteiger partial charge in [0.25, 0.3) is 5.91 Å². The topological polar surface area (TPSA) is 93.2 Å². The fourth-order valence-electron chi connectivity index (χ4n) is 4.10. The summed E-state index contributed by atoms with van der Waals surface area (Å²) in [6, 6.07) is 5.99. The number of carbonyl (C=O) groups excluding carboxylic acids is 1. The molecule has 3 heterocycles. The predicted octanol–water partition coefficient (Wildman–Crippen LogP) is 1.05. The Morgan fingerprint density at radius 1 is 1.20 bits per heavy atom. The van der Waals surface area contributed by atoms with Crippen LogP contribution in [0.5, 0.6) is 0 Å². The molecule has 3 N–H and O–H groups in total. The Bertz CT molecular complexity index is 995. The molecule has 1 aromatic carbocycles. The molecule has 2 aliphatic rings. The van der Waals surface area contributed by atoms with Gasteiger partial charge in [-0.15, -0.1) is 0 Å². The van der Waals surface area contributed by atoms with Crippen LogP contribution in [0.3, 0.4) is 0 Å². The van der Waals surface area contributed by atoms with E-state index >= 15 is 8.78 Å². The number of aromatic nitrogens is 1. The smallest absolute Gasteiger partial charge is 0.315 e. The predicted molar refractivity (Wildman–Crippen MR) is 118 cm³/mol. The third-order valence-electron chi connectivity index (χ3n) is 5.81. The van der Waals surface area contributed by atoms with Crippen LogP contribution in [0, 0.1) is 11.6 Å². The zero-order chi connectivity index (χ0) is 24.9. The molecule has 0 radical (unpaired) electrons. The highest BCUT2D eigenvalue weighted by molar-refractivity contribution is 5.79. The lowest BCUT2D eigenvalue weighted by atomic mass is 10.2. The molecule has 9 nitrogen and oxygen atoms in total. The number of carbonyl (C=O) groups is 1. The van der Waals surface area contributed by atoms with Gasteiger partial charge in [0.1, 0.15) is 5.69 Å². The van der Waals surface area contributed by atoms with Gasteiger partial charge in [0.15, 0.2) is 11.6 Å². The Morgan fingerprint density at radius 2 is 1.91 bits per heavy atom. The highest BCUT2D eigenvalue weighted by Gasteiger charge is 2.34. The molecule has 35 heavy (non-hydrogen) atoms. The van der Waals surface area contributed by atoms with Crippen LogP contribution in [0.15, 0.2) is 36.7 Å². The number of anilines is 2. The van der Waals surface area contributed by atoms with E-state index in [0.29, 0.717) is 32.7 Å². The van der Waals surface area contributed by atoms with Crippen molar-refractivity contribution in [2.75, 3.05) is 49.1 Å². The van der Waals surface area contributed by atoms with E-state index in [-0.39, 0.29) is 24.5 Å². The van der Waals surface area contributed by atoms with Crippen molar-refractivity contribution in [3.05, 3.63) is 53.9 Å². The molecule has 13 heteroatoms. The molecule has 0 aliphatic carbocycles. The van der Waals surface area contributed by atoms with Gasteiger partial charge in [0.2, 0.25) is 6.41 Å². The summed E-state index contributed by atoms with van der Waals surface area (Å²) in [4.78, 5) is 17.8. The molecular formula is C22H26F4N6O3. The number of amides is 1. The number of alkyl halides is 2. The van der Waals surface area contributed by atoms with Crippen LogP contribution in [0.1, 0.15) is 5.56 Å². The molecule has 4 rings (SSSR count). The van der Waals surface area contributed by atoms with Crippen LogP contribution in [0.2, 0.25) is 0 Å². The van der Waals surface area contributed by atoms with Crippen molar-refractivity contribution in [1.29, 1.82) is 0 Å². The number of hydrazine groups is 1. The van der Waals surface area contributed by atoms with Crippen molar-refractivity contribution < 1.29 is 32.2 Å². The van der Waals surface area contributed by atoms with E-state index in [0.717, 1.165) is 17.7 Å². The largest absolute Gasteiger partial charge is 0.364 e.